The van der Waals surface area contributed by atoms with Crippen LogP contribution in [0.1, 0.15) is 20.8 Å². The lowest BCUT2D eigenvalue weighted by molar-refractivity contribution is -0.191. The molecule has 2 N–H and O–H groups in total. The first-order valence-corrected chi connectivity index (χ1v) is 5.08. The molecular weight excluding hydrogens is 200 g/mol. The van der Waals surface area contributed by atoms with E-state index < -0.39 is 6.29 Å². The lowest BCUT2D eigenvalue weighted by atomic mass is 10.2. The van der Waals surface area contributed by atoms with Gasteiger partial charge in [0.05, 0.1) is 38.6 Å². The van der Waals surface area contributed by atoms with Crippen molar-refractivity contribution in [3.8, 4) is 0 Å². The third-order valence-corrected chi connectivity index (χ3v) is 1.36. The highest BCUT2D eigenvalue weighted by atomic mass is 16.6. The maximum atomic E-state index is 9.36. The van der Waals surface area contributed by atoms with Gasteiger partial charge in [0.2, 0.25) is 0 Å². The summed E-state index contributed by atoms with van der Waals surface area (Å²) in [5.41, 5.74) is -0.379. The van der Waals surface area contributed by atoms with E-state index in [1.807, 2.05) is 20.8 Å². The largest absolute Gasteiger partial charge is 0.394 e. The highest BCUT2D eigenvalue weighted by Gasteiger charge is 2.16. The Kier molecular flexibility index (Phi) is 7.90. The van der Waals surface area contributed by atoms with Crippen LogP contribution >= 0.6 is 0 Å². The van der Waals surface area contributed by atoms with Crippen LogP contribution in [0.4, 0.5) is 0 Å². The van der Waals surface area contributed by atoms with Crippen molar-refractivity contribution in [2.24, 2.45) is 0 Å². The molecule has 5 heteroatoms. The van der Waals surface area contributed by atoms with Crippen LogP contribution in [0.15, 0.2) is 0 Å². The summed E-state index contributed by atoms with van der Waals surface area (Å²) in [5, 5.41) is 17.8. The fraction of sp³-hybridized carbons (Fsp3) is 1.00. The Morgan fingerprint density at radius 1 is 1.07 bits per heavy atom. The summed E-state index contributed by atoms with van der Waals surface area (Å²) in [4.78, 5) is 0. The van der Waals surface area contributed by atoms with Gasteiger partial charge in [-0.05, 0) is 20.8 Å². The molecule has 0 aromatic carbocycles. The van der Waals surface area contributed by atoms with Gasteiger partial charge < -0.3 is 24.4 Å². The monoisotopic (exact) mass is 222 g/mol. The predicted octanol–water partition coefficient (Wildman–Crippen LogP) is 0.145. The van der Waals surface area contributed by atoms with Gasteiger partial charge in [-0.25, -0.2) is 0 Å². The molecular formula is C10H22O5. The van der Waals surface area contributed by atoms with E-state index in [-0.39, 0.29) is 18.8 Å². The van der Waals surface area contributed by atoms with E-state index in [0.717, 1.165) is 0 Å². The minimum Gasteiger partial charge on any atom is -0.394 e. The number of rotatable bonds is 8. The minimum atomic E-state index is -0.914. The van der Waals surface area contributed by atoms with E-state index in [1.165, 1.54) is 0 Å². The van der Waals surface area contributed by atoms with Gasteiger partial charge in [0.1, 0.15) is 0 Å². The highest BCUT2D eigenvalue weighted by molar-refractivity contribution is 4.59. The number of aliphatic hydroxyl groups excluding tert-OH is 2. The van der Waals surface area contributed by atoms with Gasteiger partial charge in [0.15, 0.2) is 6.29 Å². The number of hydrogen-bond donors (Lipinski definition) is 2. The summed E-state index contributed by atoms with van der Waals surface area (Å²) < 4.78 is 15.3. The molecule has 0 heterocycles. The molecule has 15 heavy (non-hydrogen) atoms. The molecule has 0 saturated carbocycles. The molecule has 1 unspecified atom stereocenters. The van der Waals surface area contributed by atoms with Crippen LogP contribution in [0.5, 0.6) is 0 Å². The zero-order valence-electron chi connectivity index (χ0n) is 9.73. The summed E-state index contributed by atoms with van der Waals surface area (Å²) in [6, 6.07) is 0. The summed E-state index contributed by atoms with van der Waals surface area (Å²) in [7, 11) is 0. The van der Waals surface area contributed by atoms with Gasteiger partial charge in [-0.1, -0.05) is 0 Å². The Morgan fingerprint density at radius 2 is 1.67 bits per heavy atom. The van der Waals surface area contributed by atoms with E-state index in [1.54, 1.807) is 0 Å². The average molecular weight is 222 g/mol. The quantitative estimate of drug-likeness (QED) is 0.452. The fourth-order valence-corrected chi connectivity index (χ4v) is 0.911. The molecule has 5 nitrogen and oxygen atoms in total. The van der Waals surface area contributed by atoms with Crippen molar-refractivity contribution < 1.29 is 24.4 Å². The second-order valence-corrected chi connectivity index (χ2v) is 4.10. The van der Waals surface area contributed by atoms with Crippen LogP contribution in [0.25, 0.3) is 0 Å². The SMILES string of the molecule is CC(C)(C)OC(O)COCCOCCO. The second-order valence-electron chi connectivity index (χ2n) is 4.10. The van der Waals surface area contributed by atoms with Crippen LogP contribution in [-0.2, 0) is 14.2 Å². The molecule has 0 spiro atoms. The summed E-state index contributed by atoms with van der Waals surface area (Å²) in [6.45, 7) is 6.81. The molecule has 0 aliphatic carbocycles. The van der Waals surface area contributed by atoms with E-state index >= 15 is 0 Å². The van der Waals surface area contributed by atoms with Gasteiger partial charge in [-0.3, -0.25) is 0 Å². The molecule has 0 aromatic rings. The zero-order chi connectivity index (χ0) is 11.7. The number of hydrogen-bond acceptors (Lipinski definition) is 5. The summed E-state index contributed by atoms with van der Waals surface area (Å²) >= 11 is 0. The standard InChI is InChI=1S/C10H22O5/c1-10(2,3)15-9(12)8-14-7-6-13-5-4-11/h9,11-12H,4-8H2,1-3H3. The number of ether oxygens (including phenoxy) is 3. The molecule has 0 bridgehead atoms. The topological polar surface area (TPSA) is 68.2 Å². The van der Waals surface area contributed by atoms with Crippen molar-refractivity contribution in [3.05, 3.63) is 0 Å². The summed E-state index contributed by atoms with van der Waals surface area (Å²) in [5.74, 6) is 0. The third kappa shape index (κ3) is 11.7. The Bertz CT molecular complexity index is 143. The Morgan fingerprint density at radius 3 is 2.20 bits per heavy atom. The molecule has 0 aromatic heterocycles. The van der Waals surface area contributed by atoms with E-state index in [9.17, 15) is 5.11 Å². The second kappa shape index (κ2) is 8.01. The first-order chi connectivity index (χ1) is 6.95. The van der Waals surface area contributed by atoms with Crippen molar-refractivity contribution in [2.45, 2.75) is 32.7 Å². The van der Waals surface area contributed by atoms with Crippen molar-refractivity contribution in [1.29, 1.82) is 0 Å². The lowest BCUT2D eigenvalue weighted by Crippen LogP contribution is -2.30. The highest BCUT2D eigenvalue weighted by Crippen LogP contribution is 2.09. The maximum Gasteiger partial charge on any atom is 0.178 e. The van der Waals surface area contributed by atoms with Gasteiger partial charge in [0, 0.05) is 0 Å². The maximum absolute atomic E-state index is 9.36. The van der Waals surface area contributed by atoms with Gasteiger partial charge in [0.25, 0.3) is 0 Å². The smallest absolute Gasteiger partial charge is 0.178 e. The molecule has 1 atom stereocenters. The molecule has 0 radical (unpaired) electrons. The molecule has 0 saturated heterocycles. The molecule has 0 aliphatic heterocycles. The molecule has 0 amide bonds. The van der Waals surface area contributed by atoms with Crippen molar-refractivity contribution in [3.63, 3.8) is 0 Å². The van der Waals surface area contributed by atoms with Crippen LogP contribution in [0.3, 0.4) is 0 Å². The van der Waals surface area contributed by atoms with Crippen LogP contribution in [0.2, 0.25) is 0 Å². The molecule has 0 rings (SSSR count). The molecule has 92 valence electrons. The van der Waals surface area contributed by atoms with Crippen molar-refractivity contribution in [2.75, 3.05) is 33.0 Å². The van der Waals surface area contributed by atoms with Crippen molar-refractivity contribution in [1.82, 2.24) is 0 Å². The van der Waals surface area contributed by atoms with E-state index in [0.29, 0.717) is 19.8 Å². The van der Waals surface area contributed by atoms with Gasteiger partial charge in [-0.2, -0.15) is 0 Å². The third-order valence-electron chi connectivity index (χ3n) is 1.36. The molecule has 0 aliphatic rings. The lowest BCUT2D eigenvalue weighted by Gasteiger charge is -2.23. The normalized spacial score (nSPS) is 14.2. The Hall–Kier alpha value is -0.200. The fourth-order valence-electron chi connectivity index (χ4n) is 0.911. The first-order valence-electron chi connectivity index (χ1n) is 5.08. The Labute approximate surface area is 91.0 Å². The average Bonchev–Trinajstić information content (AvgIpc) is 2.08. The van der Waals surface area contributed by atoms with Crippen molar-refractivity contribution >= 4 is 0 Å². The predicted molar refractivity (Wildman–Crippen MR) is 55.6 cm³/mol. The Balaban J connectivity index is 3.28. The van der Waals surface area contributed by atoms with Crippen LogP contribution in [0, 0.1) is 0 Å². The van der Waals surface area contributed by atoms with Gasteiger partial charge >= 0.3 is 0 Å². The van der Waals surface area contributed by atoms with Crippen LogP contribution in [-0.4, -0.2) is 55.1 Å². The van der Waals surface area contributed by atoms with Gasteiger partial charge in [-0.15, -0.1) is 0 Å². The minimum absolute atomic E-state index is 0.00968. The van der Waals surface area contributed by atoms with E-state index in [2.05, 4.69) is 0 Å². The molecule has 0 fully saturated rings. The van der Waals surface area contributed by atoms with E-state index in [4.69, 9.17) is 19.3 Å². The zero-order valence-corrected chi connectivity index (χ0v) is 9.73. The number of aliphatic hydroxyl groups is 2. The first kappa shape index (κ1) is 14.8. The van der Waals surface area contributed by atoms with Crippen LogP contribution < -0.4 is 0 Å². The summed E-state index contributed by atoms with van der Waals surface area (Å²) in [6.07, 6.45) is -0.914.